The Balaban J connectivity index is 1.87. The number of halogens is 2. The highest BCUT2D eigenvalue weighted by molar-refractivity contribution is 7.87. The third kappa shape index (κ3) is 5.30. The SMILES string of the molecule is CN(C)CCN1C(C(=O)Nc2ccc(F)c(Cl)c2)CC(c2nccs2)NS1(=O)=O. The number of carbonyl (C=O) groups is 1. The van der Waals surface area contributed by atoms with Crippen molar-refractivity contribution in [1.29, 1.82) is 0 Å². The Labute approximate surface area is 177 Å². The zero-order chi connectivity index (χ0) is 21.2. The van der Waals surface area contributed by atoms with E-state index in [0.717, 1.165) is 10.4 Å². The van der Waals surface area contributed by atoms with Gasteiger partial charge in [-0.1, -0.05) is 11.6 Å². The number of nitrogens with one attached hydrogen (secondary N) is 2. The molecule has 2 N–H and O–H groups in total. The number of benzene rings is 1. The number of thiazole rings is 1. The van der Waals surface area contributed by atoms with Crippen molar-refractivity contribution in [3.05, 3.63) is 45.6 Å². The van der Waals surface area contributed by atoms with Crippen LogP contribution in [0.2, 0.25) is 5.02 Å². The predicted molar refractivity (Wildman–Crippen MR) is 111 cm³/mol. The second kappa shape index (κ2) is 9.02. The molecular weight excluding hydrogens is 441 g/mol. The van der Waals surface area contributed by atoms with E-state index < -0.39 is 34.0 Å². The van der Waals surface area contributed by atoms with Gasteiger partial charge in [-0.2, -0.15) is 17.4 Å². The van der Waals surface area contributed by atoms with Crippen molar-refractivity contribution in [2.24, 2.45) is 0 Å². The van der Waals surface area contributed by atoms with E-state index >= 15 is 0 Å². The molecule has 12 heteroatoms. The molecule has 0 bridgehead atoms. The average molecular weight is 462 g/mol. The number of hydrogen-bond donors (Lipinski definition) is 2. The molecule has 1 aromatic carbocycles. The highest BCUT2D eigenvalue weighted by Crippen LogP contribution is 2.30. The number of nitrogens with zero attached hydrogens (tertiary/aromatic N) is 3. The standard InChI is InChI=1S/C17H21ClFN5O3S2/c1-23(2)6-7-24-15(16(25)21-11-3-4-13(19)12(18)9-11)10-14(22-29(24,26)27)17-20-5-8-28-17/h3-5,8-9,14-15,22H,6-7,10H2,1-2H3,(H,21,25). The molecule has 1 aliphatic heterocycles. The second-order valence-corrected chi connectivity index (χ2v) is 9.82. The van der Waals surface area contributed by atoms with Crippen LogP contribution in [0.3, 0.4) is 0 Å². The molecule has 1 saturated heterocycles. The quantitative estimate of drug-likeness (QED) is 0.686. The highest BCUT2D eigenvalue weighted by atomic mass is 35.5. The highest BCUT2D eigenvalue weighted by Gasteiger charge is 2.43. The van der Waals surface area contributed by atoms with Gasteiger partial charge >= 0.3 is 0 Å². The van der Waals surface area contributed by atoms with Crippen molar-refractivity contribution >= 4 is 44.7 Å². The third-order valence-electron chi connectivity index (χ3n) is 4.41. The summed E-state index contributed by atoms with van der Waals surface area (Å²) in [5, 5.41) is 4.85. The van der Waals surface area contributed by atoms with E-state index in [9.17, 15) is 17.6 Å². The number of hydrogen-bond acceptors (Lipinski definition) is 6. The molecule has 158 valence electrons. The van der Waals surface area contributed by atoms with Gasteiger partial charge in [0.15, 0.2) is 0 Å². The molecule has 2 heterocycles. The Kier molecular flexibility index (Phi) is 6.87. The molecular formula is C17H21ClFN5O3S2. The maximum absolute atomic E-state index is 13.4. The van der Waals surface area contributed by atoms with Crippen molar-refractivity contribution in [3.63, 3.8) is 0 Å². The number of amides is 1. The molecule has 2 aromatic rings. The van der Waals surface area contributed by atoms with Gasteiger partial charge in [-0.3, -0.25) is 4.79 Å². The van der Waals surface area contributed by atoms with Crippen LogP contribution in [0.4, 0.5) is 10.1 Å². The first-order valence-corrected chi connectivity index (χ1v) is 11.5. The number of likely N-dealkylation sites (N-methyl/N-ethyl adjacent to an activating group) is 1. The van der Waals surface area contributed by atoms with E-state index in [1.807, 2.05) is 19.0 Å². The summed E-state index contributed by atoms with van der Waals surface area (Å²) in [4.78, 5) is 19.0. The van der Waals surface area contributed by atoms with Crippen molar-refractivity contribution < 1.29 is 17.6 Å². The third-order valence-corrected chi connectivity index (χ3v) is 7.23. The maximum atomic E-state index is 13.4. The lowest BCUT2D eigenvalue weighted by Crippen LogP contribution is -2.58. The summed E-state index contributed by atoms with van der Waals surface area (Å²) >= 11 is 7.09. The fraction of sp³-hybridized carbons (Fsp3) is 0.412. The van der Waals surface area contributed by atoms with E-state index in [2.05, 4.69) is 15.0 Å². The van der Waals surface area contributed by atoms with Crippen LogP contribution in [0.15, 0.2) is 29.8 Å². The number of rotatable bonds is 6. The van der Waals surface area contributed by atoms with Gasteiger partial charge in [-0.15, -0.1) is 11.3 Å². The summed E-state index contributed by atoms with van der Waals surface area (Å²) < 4.78 is 42.9. The van der Waals surface area contributed by atoms with Gasteiger partial charge in [0.25, 0.3) is 10.2 Å². The van der Waals surface area contributed by atoms with Crippen molar-refractivity contribution in [2.75, 3.05) is 32.5 Å². The van der Waals surface area contributed by atoms with Crippen LogP contribution in [0, 0.1) is 5.82 Å². The van der Waals surface area contributed by atoms with E-state index in [1.54, 1.807) is 11.6 Å². The molecule has 8 nitrogen and oxygen atoms in total. The lowest BCUT2D eigenvalue weighted by molar-refractivity contribution is -0.120. The zero-order valence-electron chi connectivity index (χ0n) is 15.8. The van der Waals surface area contributed by atoms with Gasteiger partial charge in [-0.05, 0) is 38.7 Å². The van der Waals surface area contributed by atoms with Crippen molar-refractivity contribution in [2.45, 2.75) is 18.5 Å². The first kappa shape index (κ1) is 22.1. The summed E-state index contributed by atoms with van der Waals surface area (Å²) in [6.07, 6.45) is 1.79. The maximum Gasteiger partial charge on any atom is 0.280 e. The first-order valence-electron chi connectivity index (χ1n) is 8.76. The summed E-state index contributed by atoms with van der Waals surface area (Å²) in [6.45, 7) is 0.574. The van der Waals surface area contributed by atoms with Crippen LogP contribution in [-0.4, -0.2) is 61.7 Å². The minimum Gasteiger partial charge on any atom is -0.325 e. The molecule has 1 amide bonds. The Morgan fingerprint density at radius 2 is 2.24 bits per heavy atom. The average Bonchev–Trinajstić information content (AvgIpc) is 3.17. The normalized spacial score (nSPS) is 22.0. The zero-order valence-corrected chi connectivity index (χ0v) is 18.2. The van der Waals surface area contributed by atoms with Gasteiger partial charge in [0.1, 0.15) is 16.9 Å². The van der Waals surface area contributed by atoms with Crippen LogP contribution in [0.5, 0.6) is 0 Å². The molecule has 29 heavy (non-hydrogen) atoms. The van der Waals surface area contributed by atoms with Crippen LogP contribution in [-0.2, 0) is 15.0 Å². The van der Waals surface area contributed by atoms with Crippen LogP contribution < -0.4 is 10.0 Å². The Hall–Kier alpha value is -1.63. The summed E-state index contributed by atoms with van der Waals surface area (Å²) in [5.74, 6) is -1.12. The van der Waals surface area contributed by atoms with Gasteiger partial charge in [0.05, 0.1) is 11.1 Å². The minimum absolute atomic E-state index is 0.133. The van der Waals surface area contributed by atoms with E-state index in [-0.39, 0.29) is 23.7 Å². The number of aromatic nitrogens is 1. The van der Waals surface area contributed by atoms with E-state index in [4.69, 9.17) is 11.6 Å². The predicted octanol–water partition coefficient (Wildman–Crippen LogP) is 2.09. The second-order valence-electron chi connectivity index (χ2n) is 6.83. The lowest BCUT2D eigenvalue weighted by atomic mass is 10.1. The van der Waals surface area contributed by atoms with E-state index in [1.165, 1.54) is 23.5 Å². The Bertz CT molecular complexity index is 971. The van der Waals surface area contributed by atoms with Gasteiger partial charge < -0.3 is 10.2 Å². The number of anilines is 1. The molecule has 1 fully saturated rings. The fourth-order valence-corrected chi connectivity index (χ4v) is 5.47. The molecule has 0 radical (unpaired) electrons. The molecule has 0 aliphatic carbocycles. The fourth-order valence-electron chi connectivity index (χ4n) is 2.97. The Morgan fingerprint density at radius 1 is 1.48 bits per heavy atom. The largest absolute Gasteiger partial charge is 0.325 e. The molecule has 0 saturated carbocycles. The Morgan fingerprint density at radius 3 is 2.86 bits per heavy atom. The topological polar surface area (TPSA) is 94.6 Å². The molecule has 1 aliphatic rings. The lowest BCUT2D eigenvalue weighted by Gasteiger charge is -2.38. The molecule has 1 aromatic heterocycles. The van der Waals surface area contributed by atoms with Crippen molar-refractivity contribution in [1.82, 2.24) is 18.9 Å². The molecule has 3 rings (SSSR count). The number of carbonyl (C=O) groups excluding carboxylic acids is 1. The first-order chi connectivity index (χ1) is 13.7. The van der Waals surface area contributed by atoms with Crippen LogP contribution in [0.1, 0.15) is 17.5 Å². The van der Waals surface area contributed by atoms with Gasteiger partial charge in [0.2, 0.25) is 5.91 Å². The van der Waals surface area contributed by atoms with Crippen LogP contribution >= 0.6 is 22.9 Å². The van der Waals surface area contributed by atoms with E-state index in [0.29, 0.717) is 11.6 Å². The van der Waals surface area contributed by atoms with Crippen molar-refractivity contribution in [3.8, 4) is 0 Å². The summed E-state index contributed by atoms with van der Waals surface area (Å²) in [7, 11) is -0.284. The van der Waals surface area contributed by atoms with Gasteiger partial charge in [-0.25, -0.2) is 9.37 Å². The van der Waals surface area contributed by atoms with Gasteiger partial charge in [0, 0.05) is 30.4 Å². The summed E-state index contributed by atoms with van der Waals surface area (Å²) in [5.41, 5.74) is 0.288. The molecule has 0 spiro atoms. The smallest absolute Gasteiger partial charge is 0.280 e. The summed E-state index contributed by atoms with van der Waals surface area (Å²) in [6, 6.07) is 2.23. The van der Waals surface area contributed by atoms with Crippen LogP contribution in [0.25, 0.3) is 0 Å². The minimum atomic E-state index is -3.92. The molecule has 2 unspecified atom stereocenters. The monoisotopic (exact) mass is 461 g/mol. The molecule has 2 atom stereocenters.